The average molecular weight is 240 g/mol. The summed E-state index contributed by atoms with van der Waals surface area (Å²) in [6.45, 7) is 5.00. The van der Waals surface area contributed by atoms with Crippen molar-refractivity contribution >= 4 is 5.97 Å². The summed E-state index contributed by atoms with van der Waals surface area (Å²) < 4.78 is 27.2. The van der Waals surface area contributed by atoms with E-state index in [2.05, 4.69) is 0 Å². The number of carboxylic acid groups (broad SMARTS) is 1. The molecule has 0 radical (unpaired) electrons. The van der Waals surface area contributed by atoms with Crippen molar-refractivity contribution in [1.82, 2.24) is 0 Å². The maximum Gasteiger partial charge on any atom is 0.307 e. The lowest BCUT2D eigenvalue weighted by molar-refractivity contribution is -0.139. The first kappa shape index (κ1) is 12.0. The normalized spacial score (nSPS) is 25.7. The van der Waals surface area contributed by atoms with Gasteiger partial charge in [0.2, 0.25) is 0 Å². The molecule has 0 aromatic heterocycles. The molecule has 1 aromatic carbocycles. The SMILES string of the molecule is Cc1cc(F)c(C2C(C(=O)O)C2(C)C)cc1F. The summed E-state index contributed by atoms with van der Waals surface area (Å²) in [5, 5.41) is 9.02. The van der Waals surface area contributed by atoms with E-state index in [1.54, 1.807) is 13.8 Å². The topological polar surface area (TPSA) is 37.3 Å². The van der Waals surface area contributed by atoms with Crippen LogP contribution < -0.4 is 0 Å². The lowest BCUT2D eigenvalue weighted by Gasteiger charge is -2.06. The Balaban J connectivity index is 2.44. The Morgan fingerprint density at radius 2 is 1.88 bits per heavy atom. The number of hydrogen-bond acceptors (Lipinski definition) is 1. The standard InChI is InChI=1S/C13H14F2O2/c1-6-4-9(15)7(5-8(6)14)10-11(12(16)17)13(10,2)3/h4-5,10-11H,1-3H3,(H,16,17). The van der Waals surface area contributed by atoms with Crippen molar-refractivity contribution in [1.29, 1.82) is 0 Å². The highest BCUT2D eigenvalue weighted by molar-refractivity contribution is 5.77. The Morgan fingerprint density at radius 1 is 1.29 bits per heavy atom. The second-order valence-electron chi connectivity index (χ2n) is 5.24. The zero-order valence-electron chi connectivity index (χ0n) is 9.92. The summed E-state index contributed by atoms with van der Waals surface area (Å²) in [7, 11) is 0. The number of aryl methyl sites for hydroxylation is 1. The fourth-order valence-corrected chi connectivity index (χ4v) is 2.58. The van der Waals surface area contributed by atoms with Gasteiger partial charge in [0.1, 0.15) is 11.6 Å². The highest BCUT2D eigenvalue weighted by atomic mass is 19.1. The fourth-order valence-electron chi connectivity index (χ4n) is 2.58. The van der Waals surface area contributed by atoms with Crippen molar-refractivity contribution in [3.63, 3.8) is 0 Å². The minimum Gasteiger partial charge on any atom is -0.481 e. The highest BCUT2D eigenvalue weighted by Crippen LogP contribution is 2.64. The maximum absolute atomic E-state index is 13.7. The zero-order chi connectivity index (χ0) is 13.0. The lowest BCUT2D eigenvalue weighted by Crippen LogP contribution is -2.03. The first-order valence-electron chi connectivity index (χ1n) is 5.45. The van der Waals surface area contributed by atoms with Gasteiger partial charge < -0.3 is 5.11 Å². The van der Waals surface area contributed by atoms with Crippen LogP contribution in [0.2, 0.25) is 0 Å². The van der Waals surface area contributed by atoms with Crippen molar-refractivity contribution in [2.75, 3.05) is 0 Å². The summed E-state index contributed by atoms with van der Waals surface area (Å²) in [5.41, 5.74) is -0.115. The summed E-state index contributed by atoms with van der Waals surface area (Å²) in [6, 6.07) is 2.25. The van der Waals surface area contributed by atoms with Gasteiger partial charge in [0.15, 0.2) is 0 Å². The molecule has 1 aromatic rings. The van der Waals surface area contributed by atoms with Gasteiger partial charge in [0, 0.05) is 5.92 Å². The number of rotatable bonds is 2. The minimum atomic E-state index is -0.958. The second-order valence-corrected chi connectivity index (χ2v) is 5.24. The van der Waals surface area contributed by atoms with E-state index in [1.807, 2.05) is 0 Å². The van der Waals surface area contributed by atoms with E-state index in [0.29, 0.717) is 0 Å². The smallest absolute Gasteiger partial charge is 0.307 e. The lowest BCUT2D eigenvalue weighted by atomic mass is 10.0. The molecule has 0 amide bonds. The number of hydrogen-bond donors (Lipinski definition) is 1. The Bertz CT molecular complexity index is 494. The van der Waals surface area contributed by atoms with Gasteiger partial charge in [-0.2, -0.15) is 0 Å². The third-order valence-electron chi connectivity index (χ3n) is 3.71. The van der Waals surface area contributed by atoms with E-state index >= 15 is 0 Å². The van der Waals surface area contributed by atoms with E-state index in [0.717, 1.165) is 12.1 Å². The molecule has 4 heteroatoms. The van der Waals surface area contributed by atoms with Crippen LogP contribution in [0.3, 0.4) is 0 Å². The number of carboxylic acids is 1. The maximum atomic E-state index is 13.7. The van der Waals surface area contributed by atoms with E-state index in [-0.39, 0.29) is 11.1 Å². The third kappa shape index (κ3) is 1.72. The summed E-state index contributed by atoms with van der Waals surface area (Å²) in [5.74, 6) is -3.06. The zero-order valence-corrected chi connectivity index (χ0v) is 9.92. The van der Waals surface area contributed by atoms with Crippen LogP contribution in [0, 0.1) is 29.9 Å². The number of benzene rings is 1. The van der Waals surface area contributed by atoms with Gasteiger partial charge in [0.05, 0.1) is 5.92 Å². The molecule has 1 saturated carbocycles. The molecular weight excluding hydrogens is 226 g/mol. The Kier molecular flexibility index (Phi) is 2.49. The summed E-state index contributed by atoms with van der Waals surface area (Å²) >= 11 is 0. The molecular formula is C13H14F2O2. The highest BCUT2D eigenvalue weighted by Gasteiger charge is 2.63. The molecule has 2 nitrogen and oxygen atoms in total. The Hall–Kier alpha value is -1.45. The number of carbonyl (C=O) groups is 1. The monoisotopic (exact) mass is 240 g/mol. The van der Waals surface area contributed by atoms with Crippen molar-refractivity contribution in [2.24, 2.45) is 11.3 Å². The van der Waals surface area contributed by atoms with Crippen molar-refractivity contribution < 1.29 is 18.7 Å². The molecule has 0 aliphatic heterocycles. The molecule has 2 unspecified atom stereocenters. The van der Waals surface area contributed by atoms with Gasteiger partial charge in [-0.05, 0) is 35.6 Å². The summed E-state index contributed by atoms with van der Waals surface area (Å²) in [6.07, 6.45) is 0. The molecule has 0 spiro atoms. The quantitative estimate of drug-likeness (QED) is 0.862. The first-order chi connectivity index (χ1) is 7.76. The van der Waals surface area contributed by atoms with Crippen LogP contribution in [0.15, 0.2) is 12.1 Å². The second kappa shape index (κ2) is 3.52. The Labute approximate surface area is 98.3 Å². The van der Waals surface area contributed by atoms with Gasteiger partial charge in [0.25, 0.3) is 0 Å². The number of halogens is 2. The Morgan fingerprint density at radius 3 is 2.35 bits per heavy atom. The molecule has 1 aliphatic carbocycles. The van der Waals surface area contributed by atoms with Crippen LogP contribution in [0.5, 0.6) is 0 Å². The van der Waals surface area contributed by atoms with Gasteiger partial charge in [-0.3, -0.25) is 4.79 Å². The predicted octanol–water partition coefficient (Wildman–Crippen LogP) is 3.10. The van der Waals surface area contributed by atoms with Crippen LogP contribution in [0.4, 0.5) is 8.78 Å². The van der Waals surface area contributed by atoms with Crippen LogP contribution in [0.25, 0.3) is 0 Å². The molecule has 17 heavy (non-hydrogen) atoms. The minimum absolute atomic E-state index is 0.172. The van der Waals surface area contributed by atoms with E-state index in [1.165, 1.54) is 6.92 Å². The molecule has 0 bridgehead atoms. The average Bonchev–Trinajstić information content (AvgIpc) is 2.75. The molecule has 1 aliphatic rings. The third-order valence-corrected chi connectivity index (χ3v) is 3.71. The number of aliphatic carboxylic acids is 1. The van der Waals surface area contributed by atoms with Crippen molar-refractivity contribution in [3.8, 4) is 0 Å². The molecule has 2 atom stereocenters. The molecule has 92 valence electrons. The van der Waals surface area contributed by atoms with Crippen LogP contribution in [-0.4, -0.2) is 11.1 Å². The van der Waals surface area contributed by atoms with Crippen LogP contribution >= 0.6 is 0 Å². The molecule has 1 fully saturated rings. The van der Waals surface area contributed by atoms with E-state index < -0.39 is 34.9 Å². The molecule has 0 heterocycles. The van der Waals surface area contributed by atoms with Crippen molar-refractivity contribution in [3.05, 3.63) is 34.9 Å². The van der Waals surface area contributed by atoms with Gasteiger partial charge in [-0.1, -0.05) is 13.8 Å². The predicted molar refractivity (Wildman–Crippen MR) is 58.7 cm³/mol. The van der Waals surface area contributed by atoms with Gasteiger partial charge in [-0.25, -0.2) is 8.78 Å². The fraction of sp³-hybridized carbons (Fsp3) is 0.462. The van der Waals surface area contributed by atoms with Gasteiger partial charge in [-0.15, -0.1) is 0 Å². The van der Waals surface area contributed by atoms with Gasteiger partial charge >= 0.3 is 5.97 Å². The first-order valence-corrected chi connectivity index (χ1v) is 5.45. The van der Waals surface area contributed by atoms with E-state index in [9.17, 15) is 13.6 Å². The van der Waals surface area contributed by atoms with E-state index in [4.69, 9.17) is 5.11 Å². The van der Waals surface area contributed by atoms with Crippen LogP contribution in [-0.2, 0) is 4.79 Å². The van der Waals surface area contributed by atoms with Crippen molar-refractivity contribution in [2.45, 2.75) is 26.7 Å². The molecule has 0 saturated heterocycles. The largest absolute Gasteiger partial charge is 0.481 e. The molecule has 2 rings (SSSR count). The summed E-state index contributed by atoms with van der Waals surface area (Å²) in [4.78, 5) is 11.0. The molecule has 1 N–H and O–H groups in total. The van der Waals surface area contributed by atoms with Crippen LogP contribution in [0.1, 0.15) is 30.9 Å².